The number of nitrogens with one attached hydrogen (secondary N) is 2. The Hall–Kier alpha value is -3.62. The molecule has 0 bridgehead atoms. The van der Waals surface area contributed by atoms with E-state index in [4.69, 9.17) is 43.5 Å². The summed E-state index contributed by atoms with van der Waals surface area (Å²) in [5.74, 6) is 1.67. The van der Waals surface area contributed by atoms with E-state index in [1.165, 1.54) is 0 Å². The zero-order valence-corrected chi connectivity index (χ0v) is 19.7. The third kappa shape index (κ3) is 9.48. The normalized spacial score (nSPS) is 12.4. The number of carbonyl (C=O) groups is 2. The minimum Gasteiger partial charge on any atom is -0.506 e. The third-order valence-corrected chi connectivity index (χ3v) is 4.64. The number of phenolic OH excluding ortho intramolecular Hbond substituents is 1. The van der Waals surface area contributed by atoms with Crippen LogP contribution < -0.4 is 25.8 Å². The number of ether oxygens (including phenoxy) is 2. The highest BCUT2D eigenvalue weighted by molar-refractivity contribution is 6.67. The molecule has 0 aromatic heterocycles. The highest BCUT2D eigenvalue weighted by atomic mass is 35.5. The molecule has 1 amide bonds. The van der Waals surface area contributed by atoms with Gasteiger partial charge in [0, 0.05) is 6.54 Å². The first-order chi connectivity index (χ1) is 16.4. The standard InChI is InChI=1S/C8H7NO2.C8H9NO.C6H7NO.C2H2Cl2O/c10-8-5-11-7-4-2-1-3-6(7)9-8;1-2-4-8-7(3-1)9-5-6-10-8;7-5-3-1-2-4-6(5)8;3-1-2(4)5/h1-4H,5H2,(H,9,10);1-4,9H,5-6H2;1-4,8H,7H2;1H2. The molecular weight excluding hydrogens is 481 g/mol. The van der Waals surface area contributed by atoms with E-state index in [2.05, 4.69) is 10.6 Å². The second kappa shape index (κ2) is 14.5. The number of anilines is 3. The molecule has 8 nitrogen and oxygen atoms in total. The lowest BCUT2D eigenvalue weighted by Gasteiger charge is -2.17. The van der Waals surface area contributed by atoms with Crippen molar-refractivity contribution in [3.8, 4) is 17.2 Å². The van der Waals surface area contributed by atoms with Gasteiger partial charge in [0.2, 0.25) is 5.24 Å². The largest absolute Gasteiger partial charge is 0.506 e. The van der Waals surface area contributed by atoms with Crippen LogP contribution >= 0.6 is 23.2 Å². The first-order valence-corrected chi connectivity index (χ1v) is 11.1. The van der Waals surface area contributed by atoms with Crippen molar-refractivity contribution < 1.29 is 24.2 Å². The molecule has 5 N–H and O–H groups in total. The maximum atomic E-state index is 10.8. The summed E-state index contributed by atoms with van der Waals surface area (Å²) >= 11 is 9.55. The van der Waals surface area contributed by atoms with Gasteiger partial charge in [-0.05, 0) is 48.0 Å². The molecule has 0 fully saturated rings. The average Bonchev–Trinajstić information content (AvgIpc) is 2.87. The Morgan fingerprint density at radius 3 is 2.06 bits per heavy atom. The van der Waals surface area contributed by atoms with Gasteiger partial charge in [0.15, 0.2) is 6.61 Å². The monoisotopic (exact) mass is 505 g/mol. The van der Waals surface area contributed by atoms with E-state index in [9.17, 15) is 9.59 Å². The first kappa shape index (κ1) is 26.6. The molecule has 0 aliphatic carbocycles. The van der Waals surface area contributed by atoms with Crippen LogP contribution in [-0.2, 0) is 9.59 Å². The summed E-state index contributed by atoms with van der Waals surface area (Å²) < 4.78 is 10.5. The number of nitrogen functional groups attached to an aromatic ring is 1. The van der Waals surface area contributed by atoms with E-state index < -0.39 is 5.24 Å². The molecule has 5 rings (SSSR count). The van der Waals surface area contributed by atoms with E-state index >= 15 is 0 Å². The molecule has 10 heteroatoms. The molecule has 2 aliphatic heterocycles. The van der Waals surface area contributed by atoms with Gasteiger partial charge in [-0.3, -0.25) is 9.59 Å². The van der Waals surface area contributed by atoms with Crippen LogP contribution in [0.5, 0.6) is 17.2 Å². The van der Waals surface area contributed by atoms with E-state index in [0.717, 1.165) is 36.0 Å². The molecular formula is C24H25Cl2N3O5. The number of hydrogen-bond acceptors (Lipinski definition) is 7. The minimum absolute atomic E-state index is 0.0938. The Morgan fingerprint density at radius 1 is 0.941 bits per heavy atom. The summed E-state index contributed by atoms with van der Waals surface area (Å²) in [6.07, 6.45) is 0. The summed E-state index contributed by atoms with van der Waals surface area (Å²) in [4.78, 5) is 20.2. The number of para-hydroxylation sites is 6. The Balaban J connectivity index is 0.000000166. The summed E-state index contributed by atoms with van der Waals surface area (Å²) in [5.41, 5.74) is 7.55. The van der Waals surface area contributed by atoms with Crippen molar-refractivity contribution in [1.29, 1.82) is 0 Å². The quantitative estimate of drug-likeness (QED) is 0.166. The third-order valence-electron chi connectivity index (χ3n) is 4.12. The zero-order valence-electron chi connectivity index (χ0n) is 18.2. The predicted molar refractivity (Wildman–Crippen MR) is 135 cm³/mol. The lowest BCUT2D eigenvalue weighted by molar-refractivity contribution is -0.118. The molecule has 34 heavy (non-hydrogen) atoms. The van der Waals surface area contributed by atoms with Gasteiger partial charge in [0.05, 0.1) is 22.9 Å². The predicted octanol–water partition coefficient (Wildman–Crippen LogP) is 4.47. The minimum atomic E-state index is -0.508. The second-order valence-corrected chi connectivity index (χ2v) is 7.34. The van der Waals surface area contributed by atoms with Crippen LogP contribution in [0.3, 0.4) is 0 Å². The summed E-state index contributed by atoms with van der Waals surface area (Å²) in [6, 6.07) is 22.0. The number of rotatable bonds is 1. The number of nitrogens with two attached hydrogens (primary N) is 1. The number of aromatic hydroxyl groups is 1. The highest BCUT2D eigenvalue weighted by Crippen LogP contribution is 2.26. The number of amides is 1. The Kier molecular flexibility index (Phi) is 11.4. The number of carbonyl (C=O) groups excluding carboxylic acids is 2. The molecule has 0 atom stereocenters. The molecule has 0 saturated carbocycles. The Morgan fingerprint density at radius 2 is 1.50 bits per heavy atom. The lowest BCUT2D eigenvalue weighted by Crippen LogP contribution is -2.25. The van der Waals surface area contributed by atoms with Crippen LogP contribution in [0.4, 0.5) is 17.1 Å². The van der Waals surface area contributed by atoms with Crippen molar-refractivity contribution in [2.45, 2.75) is 0 Å². The summed E-state index contributed by atoms with van der Waals surface area (Å²) in [5, 5.41) is 14.2. The Labute approximate surface area is 207 Å². The molecule has 0 radical (unpaired) electrons. The maximum absolute atomic E-state index is 10.8. The van der Waals surface area contributed by atoms with Gasteiger partial charge in [-0.2, -0.15) is 0 Å². The van der Waals surface area contributed by atoms with Gasteiger partial charge in [-0.25, -0.2) is 0 Å². The van der Waals surface area contributed by atoms with Crippen LogP contribution in [0.15, 0.2) is 72.8 Å². The lowest BCUT2D eigenvalue weighted by atomic mass is 10.2. The van der Waals surface area contributed by atoms with Gasteiger partial charge in [0.1, 0.15) is 23.9 Å². The van der Waals surface area contributed by atoms with E-state index in [-0.39, 0.29) is 24.1 Å². The smallest absolute Gasteiger partial charge is 0.262 e. The van der Waals surface area contributed by atoms with Gasteiger partial charge < -0.3 is 30.9 Å². The van der Waals surface area contributed by atoms with E-state index in [1.807, 2.05) is 48.5 Å². The van der Waals surface area contributed by atoms with Crippen molar-refractivity contribution in [3.05, 3.63) is 72.8 Å². The number of halogens is 2. The summed E-state index contributed by atoms with van der Waals surface area (Å²) in [6.45, 7) is 1.81. The first-order valence-electron chi connectivity index (χ1n) is 10.2. The Bertz CT molecular complexity index is 1040. The molecule has 3 aromatic carbocycles. The number of benzene rings is 3. The second-order valence-electron chi connectivity index (χ2n) is 6.65. The number of fused-ring (bicyclic) bond motifs is 2. The fourth-order valence-corrected chi connectivity index (χ4v) is 2.60. The zero-order chi connectivity index (χ0) is 24.8. The number of hydrogen-bond donors (Lipinski definition) is 4. The molecule has 2 heterocycles. The molecule has 2 aliphatic rings. The van der Waals surface area contributed by atoms with Crippen molar-refractivity contribution in [1.82, 2.24) is 0 Å². The van der Waals surface area contributed by atoms with Crippen LogP contribution in [-0.4, -0.2) is 41.9 Å². The molecule has 0 spiro atoms. The van der Waals surface area contributed by atoms with Gasteiger partial charge in [-0.15, -0.1) is 11.6 Å². The molecule has 3 aromatic rings. The highest BCUT2D eigenvalue weighted by Gasteiger charge is 2.13. The number of phenols is 1. The van der Waals surface area contributed by atoms with Crippen LogP contribution in [0, 0.1) is 0 Å². The number of alkyl halides is 1. The average molecular weight is 506 g/mol. The van der Waals surface area contributed by atoms with Crippen molar-refractivity contribution in [2.75, 3.05) is 42.0 Å². The van der Waals surface area contributed by atoms with E-state index in [0.29, 0.717) is 5.69 Å². The van der Waals surface area contributed by atoms with Gasteiger partial charge in [0.25, 0.3) is 5.91 Å². The van der Waals surface area contributed by atoms with Crippen LogP contribution in [0.25, 0.3) is 0 Å². The van der Waals surface area contributed by atoms with E-state index in [1.54, 1.807) is 24.3 Å². The molecule has 180 valence electrons. The van der Waals surface area contributed by atoms with Gasteiger partial charge in [-0.1, -0.05) is 36.4 Å². The van der Waals surface area contributed by atoms with Gasteiger partial charge >= 0.3 is 0 Å². The van der Waals surface area contributed by atoms with Crippen LogP contribution in [0.2, 0.25) is 0 Å². The summed E-state index contributed by atoms with van der Waals surface area (Å²) in [7, 11) is 0. The SMILES string of the molecule is Nc1ccccc1O.O=C(Cl)CCl.O=C1COc2ccccc2N1.c1ccc2c(c1)NCCO2. The van der Waals surface area contributed by atoms with Crippen LogP contribution in [0.1, 0.15) is 0 Å². The topological polar surface area (TPSA) is 123 Å². The molecule has 0 saturated heterocycles. The van der Waals surface area contributed by atoms with Crippen molar-refractivity contribution in [3.63, 3.8) is 0 Å². The van der Waals surface area contributed by atoms with Crippen molar-refractivity contribution >= 4 is 51.4 Å². The fourth-order valence-electron chi connectivity index (χ4n) is 2.60. The van der Waals surface area contributed by atoms with Crippen molar-refractivity contribution in [2.24, 2.45) is 0 Å². The maximum Gasteiger partial charge on any atom is 0.262 e. The fraction of sp³-hybridized carbons (Fsp3) is 0.167. The molecule has 0 unspecified atom stereocenters.